The number of fused-ring (bicyclic) bond motifs is 1. The molecule has 136 valence electrons. The predicted octanol–water partition coefficient (Wildman–Crippen LogP) is 2.88. The maximum Gasteiger partial charge on any atom is 0.222 e. The number of nitrogens with one attached hydrogen (secondary N) is 1. The topological polar surface area (TPSA) is 90.5 Å². The fraction of sp³-hybridized carbons (Fsp3) is 0.211. The summed E-state index contributed by atoms with van der Waals surface area (Å²) in [5.74, 6) is 0.944. The van der Waals surface area contributed by atoms with E-state index in [1.165, 1.54) is 18.8 Å². The van der Waals surface area contributed by atoms with Crippen molar-refractivity contribution in [1.29, 1.82) is 0 Å². The summed E-state index contributed by atoms with van der Waals surface area (Å²) in [6, 6.07) is 7.98. The van der Waals surface area contributed by atoms with Gasteiger partial charge in [-0.05, 0) is 32.4 Å². The average molecular weight is 361 g/mol. The third-order valence-corrected chi connectivity index (χ3v) is 4.26. The molecule has 0 aliphatic carbocycles. The minimum Gasteiger partial charge on any atom is -0.311 e. The number of aryl methyl sites for hydroxylation is 3. The smallest absolute Gasteiger partial charge is 0.222 e. The fourth-order valence-electron chi connectivity index (χ4n) is 3.15. The molecule has 0 atom stereocenters. The number of hydrogen-bond acceptors (Lipinski definition) is 5. The number of rotatable bonds is 3. The summed E-state index contributed by atoms with van der Waals surface area (Å²) < 4.78 is 3.40. The van der Waals surface area contributed by atoms with Crippen LogP contribution in [-0.4, -0.2) is 35.4 Å². The van der Waals surface area contributed by atoms with Crippen LogP contribution in [0.1, 0.15) is 23.7 Å². The Morgan fingerprint density at radius 3 is 2.63 bits per heavy atom. The number of anilines is 1. The highest BCUT2D eigenvalue weighted by molar-refractivity contribution is 5.89. The normalized spacial score (nSPS) is 11.1. The van der Waals surface area contributed by atoms with E-state index in [1.807, 2.05) is 26.0 Å². The Bertz CT molecular complexity index is 1170. The lowest BCUT2D eigenvalue weighted by Gasteiger charge is -2.09. The summed E-state index contributed by atoms with van der Waals surface area (Å²) in [7, 11) is 0. The Labute approximate surface area is 155 Å². The van der Waals surface area contributed by atoms with Crippen molar-refractivity contribution >= 4 is 22.8 Å². The van der Waals surface area contributed by atoms with Crippen LogP contribution in [0.2, 0.25) is 0 Å². The van der Waals surface area contributed by atoms with Gasteiger partial charge < -0.3 is 5.32 Å². The van der Waals surface area contributed by atoms with Crippen LogP contribution in [0.25, 0.3) is 22.5 Å². The molecule has 4 rings (SSSR count). The van der Waals surface area contributed by atoms with Crippen LogP contribution in [0.4, 0.5) is 5.82 Å². The Morgan fingerprint density at radius 1 is 1.07 bits per heavy atom. The number of carbonyl (C=O) groups is 1. The first kappa shape index (κ1) is 16.9. The summed E-state index contributed by atoms with van der Waals surface area (Å²) >= 11 is 0. The molecule has 8 nitrogen and oxygen atoms in total. The molecule has 27 heavy (non-hydrogen) atoms. The highest BCUT2D eigenvalue weighted by Gasteiger charge is 2.17. The fourth-order valence-corrected chi connectivity index (χ4v) is 3.15. The molecule has 4 aromatic rings. The maximum absolute atomic E-state index is 11.5. The van der Waals surface area contributed by atoms with Gasteiger partial charge in [-0.15, -0.1) is 0 Å². The van der Waals surface area contributed by atoms with E-state index in [9.17, 15) is 4.79 Å². The molecule has 1 N–H and O–H groups in total. The molecule has 0 fully saturated rings. The second-order valence-electron chi connectivity index (χ2n) is 6.54. The third-order valence-electron chi connectivity index (χ3n) is 4.26. The second-order valence-corrected chi connectivity index (χ2v) is 6.54. The molecule has 0 unspecified atom stereocenters. The lowest BCUT2D eigenvalue weighted by molar-refractivity contribution is -0.114. The van der Waals surface area contributed by atoms with Crippen molar-refractivity contribution in [3.63, 3.8) is 0 Å². The second kappa shape index (κ2) is 6.31. The molecule has 0 radical (unpaired) electrons. The van der Waals surface area contributed by atoms with E-state index in [2.05, 4.69) is 38.5 Å². The van der Waals surface area contributed by atoms with E-state index in [0.717, 1.165) is 22.3 Å². The molecule has 0 aliphatic heterocycles. The molecular formula is C19H19N7O. The molecule has 8 heteroatoms. The monoisotopic (exact) mass is 361 g/mol. The average Bonchev–Trinajstić information content (AvgIpc) is 3.18. The number of amides is 1. The van der Waals surface area contributed by atoms with Crippen molar-refractivity contribution in [3.05, 3.63) is 53.6 Å². The van der Waals surface area contributed by atoms with E-state index in [1.54, 1.807) is 21.6 Å². The predicted molar refractivity (Wildman–Crippen MR) is 102 cm³/mol. The lowest BCUT2D eigenvalue weighted by atomic mass is 10.1. The van der Waals surface area contributed by atoms with E-state index in [-0.39, 0.29) is 5.91 Å². The largest absolute Gasteiger partial charge is 0.311 e. The van der Waals surface area contributed by atoms with Crippen molar-refractivity contribution in [1.82, 2.24) is 29.5 Å². The van der Waals surface area contributed by atoms with Gasteiger partial charge in [-0.25, -0.2) is 14.6 Å². The summed E-state index contributed by atoms with van der Waals surface area (Å²) in [4.78, 5) is 20.3. The minimum absolute atomic E-state index is 0.174. The molecular weight excluding hydrogens is 342 g/mol. The molecule has 0 saturated heterocycles. The first-order valence-electron chi connectivity index (χ1n) is 8.55. The van der Waals surface area contributed by atoms with E-state index in [0.29, 0.717) is 17.3 Å². The Balaban J connectivity index is 1.91. The third kappa shape index (κ3) is 2.95. The van der Waals surface area contributed by atoms with Gasteiger partial charge in [-0.1, -0.05) is 17.7 Å². The number of benzene rings is 1. The van der Waals surface area contributed by atoms with Crippen molar-refractivity contribution in [2.75, 3.05) is 5.32 Å². The van der Waals surface area contributed by atoms with Gasteiger partial charge in [0.15, 0.2) is 11.5 Å². The van der Waals surface area contributed by atoms with Crippen molar-refractivity contribution in [2.24, 2.45) is 0 Å². The van der Waals surface area contributed by atoms with Crippen LogP contribution in [-0.2, 0) is 4.79 Å². The van der Waals surface area contributed by atoms with Crippen LogP contribution >= 0.6 is 0 Å². The van der Waals surface area contributed by atoms with E-state index >= 15 is 0 Å². The zero-order valence-corrected chi connectivity index (χ0v) is 15.6. The van der Waals surface area contributed by atoms with Gasteiger partial charge in [0.25, 0.3) is 0 Å². The quantitative estimate of drug-likeness (QED) is 0.606. The standard InChI is InChI=1S/C19H19N7O/c1-11-5-6-16(12(2)7-11)25-18-15(9-22-25)19(21-10-20-18)26-17(23-14(4)27)8-13(3)24-26/h5-10H,1-4H3,(H,23,27). The number of nitrogens with zero attached hydrogens (tertiary/aromatic N) is 6. The molecule has 0 spiro atoms. The summed E-state index contributed by atoms with van der Waals surface area (Å²) in [5, 5.41) is 12.5. The molecule has 0 bridgehead atoms. The summed E-state index contributed by atoms with van der Waals surface area (Å²) in [5.41, 5.74) is 4.70. The van der Waals surface area contributed by atoms with Gasteiger partial charge in [-0.3, -0.25) is 4.79 Å². The SMILES string of the molecule is CC(=O)Nc1cc(C)nn1-c1ncnc2c1cnn2-c1ccc(C)cc1C. The van der Waals surface area contributed by atoms with Gasteiger partial charge in [0.1, 0.15) is 12.1 Å². The summed E-state index contributed by atoms with van der Waals surface area (Å²) in [6.45, 7) is 7.42. The Morgan fingerprint density at radius 2 is 1.89 bits per heavy atom. The molecule has 1 amide bonds. The zero-order chi connectivity index (χ0) is 19.1. The zero-order valence-electron chi connectivity index (χ0n) is 15.6. The highest BCUT2D eigenvalue weighted by Crippen LogP contribution is 2.25. The van der Waals surface area contributed by atoms with Crippen molar-refractivity contribution in [3.8, 4) is 11.5 Å². The van der Waals surface area contributed by atoms with Crippen molar-refractivity contribution < 1.29 is 4.79 Å². The minimum atomic E-state index is -0.174. The summed E-state index contributed by atoms with van der Waals surface area (Å²) in [6.07, 6.45) is 3.20. The van der Waals surface area contributed by atoms with Gasteiger partial charge in [0.05, 0.1) is 23.0 Å². The van der Waals surface area contributed by atoms with E-state index in [4.69, 9.17) is 0 Å². The molecule has 3 heterocycles. The lowest BCUT2D eigenvalue weighted by Crippen LogP contribution is -2.12. The molecule has 3 aromatic heterocycles. The number of hydrogen-bond donors (Lipinski definition) is 1. The van der Waals surface area contributed by atoms with Crippen LogP contribution in [0, 0.1) is 20.8 Å². The Hall–Kier alpha value is -3.55. The van der Waals surface area contributed by atoms with Crippen LogP contribution < -0.4 is 5.32 Å². The van der Waals surface area contributed by atoms with Crippen LogP contribution in [0.3, 0.4) is 0 Å². The van der Waals surface area contributed by atoms with Gasteiger partial charge in [0, 0.05) is 13.0 Å². The maximum atomic E-state index is 11.5. The number of carbonyl (C=O) groups excluding carboxylic acids is 1. The molecule has 0 saturated carbocycles. The van der Waals surface area contributed by atoms with Gasteiger partial charge in [0.2, 0.25) is 5.91 Å². The highest BCUT2D eigenvalue weighted by atomic mass is 16.1. The molecule has 1 aromatic carbocycles. The van der Waals surface area contributed by atoms with Gasteiger partial charge >= 0.3 is 0 Å². The first-order valence-corrected chi connectivity index (χ1v) is 8.55. The molecule has 0 aliphatic rings. The Kier molecular flexibility index (Phi) is 3.95. The van der Waals surface area contributed by atoms with Crippen molar-refractivity contribution in [2.45, 2.75) is 27.7 Å². The first-order chi connectivity index (χ1) is 12.9. The van der Waals surface area contributed by atoms with Crippen LogP contribution in [0.5, 0.6) is 0 Å². The number of aromatic nitrogens is 6. The van der Waals surface area contributed by atoms with E-state index < -0.39 is 0 Å². The van der Waals surface area contributed by atoms with Gasteiger partial charge in [-0.2, -0.15) is 14.9 Å². The van der Waals surface area contributed by atoms with Crippen LogP contribution in [0.15, 0.2) is 36.8 Å².